The lowest BCUT2D eigenvalue weighted by molar-refractivity contribution is -0.116. The highest BCUT2D eigenvalue weighted by molar-refractivity contribution is 6.34. The molecule has 2 aromatic rings. The largest absolute Gasteiger partial charge is 0.325 e. The molecule has 0 aliphatic carbocycles. The normalized spacial score (nSPS) is 10.8. The lowest BCUT2D eigenvalue weighted by Crippen LogP contribution is -2.22. The van der Waals surface area contributed by atoms with Crippen LogP contribution < -0.4 is 11.0 Å². The van der Waals surface area contributed by atoms with Gasteiger partial charge in [0.1, 0.15) is 0 Å². The first-order chi connectivity index (χ1) is 10.3. The first-order valence-electron chi connectivity index (χ1n) is 7.12. The quantitative estimate of drug-likeness (QED) is 0.908. The van der Waals surface area contributed by atoms with Crippen molar-refractivity contribution >= 4 is 23.2 Å². The molecule has 0 saturated carbocycles. The minimum absolute atomic E-state index is 0.168. The topological polar surface area (TPSA) is 66.9 Å². The number of imidazole rings is 1. The Bertz CT molecular complexity index is 751. The summed E-state index contributed by atoms with van der Waals surface area (Å²) in [5.41, 5.74) is 4.08. The van der Waals surface area contributed by atoms with Gasteiger partial charge in [0.2, 0.25) is 5.91 Å². The molecule has 0 saturated heterocycles. The molecule has 0 atom stereocenters. The van der Waals surface area contributed by atoms with Crippen molar-refractivity contribution in [3.05, 3.63) is 50.2 Å². The van der Waals surface area contributed by atoms with E-state index in [9.17, 15) is 9.59 Å². The lowest BCUT2D eigenvalue weighted by atomic mass is 10.1. The van der Waals surface area contributed by atoms with Gasteiger partial charge in [0.05, 0.1) is 10.7 Å². The predicted octanol–water partition coefficient (Wildman–Crippen LogP) is 3.09. The number of H-pyrrole nitrogens is 1. The summed E-state index contributed by atoms with van der Waals surface area (Å²) >= 11 is 6.17. The number of anilines is 1. The minimum atomic E-state index is -0.188. The van der Waals surface area contributed by atoms with Crippen LogP contribution in [0.4, 0.5) is 5.69 Å². The van der Waals surface area contributed by atoms with E-state index in [0.29, 0.717) is 17.3 Å². The molecule has 6 heteroatoms. The van der Waals surface area contributed by atoms with Gasteiger partial charge >= 0.3 is 5.69 Å². The molecule has 1 amide bonds. The van der Waals surface area contributed by atoms with Gasteiger partial charge in [-0.25, -0.2) is 4.79 Å². The molecule has 0 aliphatic rings. The van der Waals surface area contributed by atoms with Crippen molar-refractivity contribution in [2.45, 2.75) is 40.7 Å². The van der Waals surface area contributed by atoms with E-state index >= 15 is 0 Å². The Morgan fingerprint density at radius 3 is 2.50 bits per heavy atom. The molecule has 5 nitrogen and oxygen atoms in total. The summed E-state index contributed by atoms with van der Waals surface area (Å²) in [6, 6.07) is 3.78. The van der Waals surface area contributed by atoms with Crippen LogP contribution in [0.25, 0.3) is 0 Å². The maximum Gasteiger partial charge on any atom is 0.325 e. The number of hydrogen-bond acceptors (Lipinski definition) is 2. The first-order valence-corrected chi connectivity index (χ1v) is 7.50. The summed E-state index contributed by atoms with van der Waals surface area (Å²) in [5, 5.41) is 3.35. The molecule has 0 aliphatic heterocycles. The van der Waals surface area contributed by atoms with Gasteiger partial charge in [-0.1, -0.05) is 17.7 Å². The van der Waals surface area contributed by atoms with Crippen LogP contribution in [0.15, 0.2) is 16.9 Å². The third-order valence-electron chi connectivity index (χ3n) is 3.75. The molecule has 1 aromatic carbocycles. The fourth-order valence-electron chi connectivity index (χ4n) is 2.43. The first kappa shape index (κ1) is 16.4. The fraction of sp³-hybridized carbons (Fsp3) is 0.375. The van der Waals surface area contributed by atoms with Gasteiger partial charge in [-0.15, -0.1) is 0 Å². The van der Waals surface area contributed by atoms with Crippen molar-refractivity contribution in [3.63, 3.8) is 0 Å². The highest BCUT2D eigenvalue weighted by Gasteiger charge is 2.12. The zero-order valence-electron chi connectivity index (χ0n) is 13.2. The van der Waals surface area contributed by atoms with Crippen LogP contribution in [0.2, 0.25) is 5.02 Å². The Hall–Kier alpha value is -2.01. The van der Waals surface area contributed by atoms with Crippen LogP contribution in [0.5, 0.6) is 0 Å². The lowest BCUT2D eigenvalue weighted by Gasteiger charge is -2.12. The average molecular weight is 322 g/mol. The second kappa shape index (κ2) is 6.40. The van der Waals surface area contributed by atoms with Gasteiger partial charge in [-0.05, 0) is 44.9 Å². The van der Waals surface area contributed by atoms with Gasteiger partial charge in [0.25, 0.3) is 0 Å². The summed E-state index contributed by atoms with van der Waals surface area (Å²) in [7, 11) is 0. The number of amides is 1. The number of hydrogen-bond donors (Lipinski definition) is 2. The zero-order chi connectivity index (χ0) is 16.4. The standard InChI is InChI=1S/C16H20ClN3O2/c1-9-7-10(2)15(13(17)8-9)19-14(21)5-6-20-12(4)11(3)18-16(20)22/h7-8H,5-6H2,1-4H3,(H,18,22)(H,19,21). The monoisotopic (exact) mass is 321 g/mol. The number of aromatic amines is 1. The Kier molecular flexibility index (Phi) is 4.76. The van der Waals surface area contributed by atoms with Gasteiger partial charge in [0.15, 0.2) is 0 Å². The molecule has 1 heterocycles. The summed E-state index contributed by atoms with van der Waals surface area (Å²) in [4.78, 5) is 26.6. The fourth-order valence-corrected chi connectivity index (χ4v) is 2.80. The third-order valence-corrected chi connectivity index (χ3v) is 4.04. The van der Waals surface area contributed by atoms with E-state index in [1.165, 1.54) is 0 Å². The summed E-state index contributed by atoms with van der Waals surface area (Å²) < 4.78 is 1.57. The maximum absolute atomic E-state index is 12.1. The highest BCUT2D eigenvalue weighted by Crippen LogP contribution is 2.27. The molecule has 0 fully saturated rings. The van der Waals surface area contributed by atoms with Crippen molar-refractivity contribution in [2.24, 2.45) is 0 Å². The van der Waals surface area contributed by atoms with E-state index in [2.05, 4.69) is 10.3 Å². The van der Waals surface area contributed by atoms with Gasteiger partial charge in [-0.2, -0.15) is 0 Å². The zero-order valence-corrected chi connectivity index (χ0v) is 14.0. The Labute approximate surface area is 134 Å². The third kappa shape index (κ3) is 3.42. The van der Waals surface area contributed by atoms with Gasteiger partial charge in [0, 0.05) is 24.4 Å². The summed E-state index contributed by atoms with van der Waals surface area (Å²) in [6.45, 7) is 7.88. The van der Waals surface area contributed by atoms with Crippen molar-refractivity contribution in [3.8, 4) is 0 Å². The van der Waals surface area contributed by atoms with Crippen molar-refractivity contribution in [1.29, 1.82) is 0 Å². The van der Waals surface area contributed by atoms with Crippen molar-refractivity contribution < 1.29 is 4.79 Å². The van der Waals surface area contributed by atoms with Gasteiger partial charge in [-0.3, -0.25) is 9.36 Å². The predicted molar refractivity (Wildman–Crippen MR) is 88.7 cm³/mol. The smallest absolute Gasteiger partial charge is 0.324 e. The maximum atomic E-state index is 12.1. The number of rotatable bonds is 4. The number of carbonyl (C=O) groups excluding carboxylic acids is 1. The molecule has 22 heavy (non-hydrogen) atoms. The minimum Gasteiger partial charge on any atom is -0.324 e. The molecule has 2 rings (SSSR count). The second-order valence-electron chi connectivity index (χ2n) is 5.53. The number of nitrogens with zero attached hydrogens (tertiary/aromatic N) is 1. The summed E-state index contributed by atoms with van der Waals surface area (Å²) in [6.07, 6.45) is 0.210. The molecule has 0 unspecified atom stereocenters. The van der Waals surface area contributed by atoms with Gasteiger partial charge < -0.3 is 10.3 Å². The molecular weight excluding hydrogens is 302 g/mol. The Morgan fingerprint density at radius 1 is 1.27 bits per heavy atom. The van der Waals surface area contributed by atoms with Crippen molar-refractivity contribution in [1.82, 2.24) is 9.55 Å². The molecule has 1 aromatic heterocycles. The van der Waals surface area contributed by atoms with Crippen LogP contribution in [0.3, 0.4) is 0 Å². The number of aryl methyl sites for hydroxylation is 3. The van der Waals surface area contributed by atoms with E-state index in [0.717, 1.165) is 22.5 Å². The molecule has 0 bridgehead atoms. The summed E-state index contributed by atoms with van der Waals surface area (Å²) in [5.74, 6) is -0.168. The van der Waals surface area contributed by atoms with E-state index in [1.54, 1.807) is 4.57 Å². The van der Waals surface area contributed by atoms with Crippen LogP contribution >= 0.6 is 11.6 Å². The molecule has 118 valence electrons. The number of aromatic nitrogens is 2. The van der Waals surface area contributed by atoms with E-state index < -0.39 is 0 Å². The SMILES string of the molecule is Cc1cc(C)c(NC(=O)CCn2c(C)c(C)[nH]c2=O)c(Cl)c1. The molecular formula is C16H20ClN3O2. The van der Waals surface area contributed by atoms with Crippen LogP contribution in [-0.4, -0.2) is 15.5 Å². The van der Waals surface area contributed by atoms with Crippen LogP contribution in [0, 0.1) is 27.7 Å². The van der Waals surface area contributed by atoms with E-state index in [-0.39, 0.29) is 18.0 Å². The van der Waals surface area contributed by atoms with Crippen molar-refractivity contribution in [2.75, 3.05) is 5.32 Å². The Balaban J connectivity index is 2.07. The van der Waals surface area contributed by atoms with E-state index in [1.807, 2.05) is 39.8 Å². The number of carbonyl (C=O) groups is 1. The van der Waals surface area contributed by atoms with E-state index in [4.69, 9.17) is 11.6 Å². The van der Waals surface area contributed by atoms with Crippen LogP contribution in [-0.2, 0) is 11.3 Å². The molecule has 0 radical (unpaired) electrons. The second-order valence-corrected chi connectivity index (χ2v) is 5.94. The number of halogens is 1. The number of benzene rings is 1. The molecule has 2 N–H and O–H groups in total. The number of nitrogens with one attached hydrogen (secondary N) is 2. The molecule has 0 spiro atoms. The highest BCUT2D eigenvalue weighted by atomic mass is 35.5. The van der Waals surface area contributed by atoms with Crippen LogP contribution in [0.1, 0.15) is 28.9 Å². The Morgan fingerprint density at radius 2 is 1.95 bits per heavy atom. The average Bonchev–Trinajstić information content (AvgIpc) is 2.65.